The van der Waals surface area contributed by atoms with E-state index in [0.717, 1.165) is 31.5 Å². The van der Waals surface area contributed by atoms with E-state index in [-0.39, 0.29) is 27.1 Å². The second kappa shape index (κ2) is 8.09. The monoisotopic (exact) mass is 479 g/mol. The zero-order valence-electron chi connectivity index (χ0n) is 19.7. The van der Waals surface area contributed by atoms with Crippen LogP contribution in [0.25, 0.3) is 0 Å². The Balaban J connectivity index is 1.73. The van der Waals surface area contributed by atoms with Crippen LogP contribution in [0.5, 0.6) is 0 Å². The molecule has 0 spiro atoms. The summed E-state index contributed by atoms with van der Waals surface area (Å²) in [5, 5.41) is 0.316. The van der Waals surface area contributed by atoms with Gasteiger partial charge in [-0.25, -0.2) is 0 Å². The second-order valence-electron chi connectivity index (χ2n) is 10.8. The predicted molar refractivity (Wildman–Crippen MR) is 128 cm³/mol. The molecular formula is C23H37BBrO3Si. The molecule has 0 amide bonds. The highest BCUT2D eigenvalue weighted by molar-refractivity contribution is 9.10. The van der Waals surface area contributed by atoms with Gasteiger partial charge in [-0.2, -0.15) is 0 Å². The number of hydrogen-bond donors (Lipinski definition) is 0. The van der Waals surface area contributed by atoms with Crippen molar-refractivity contribution in [2.45, 2.75) is 90.6 Å². The molecule has 1 aliphatic heterocycles. The molecule has 1 aromatic rings. The van der Waals surface area contributed by atoms with Gasteiger partial charge in [-0.15, -0.1) is 0 Å². The minimum Gasteiger partial charge on any atom is -0.399 e. The molecule has 1 atom stereocenters. The van der Waals surface area contributed by atoms with Gasteiger partial charge in [-0.3, -0.25) is 0 Å². The highest BCUT2D eigenvalue weighted by atomic mass is 79.9. The Bertz CT molecular complexity index is 760. The molecule has 1 heterocycles. The first kappa shape index (κ1) is 23.5. The van der Waals surface area contributed by atoms with Crippen LogP contribution in [0.1, 0.15) is 58.2 Å². The van der Waals surface area contributed by atoms with Crippen LogP contribution in [0.3, 0.4) is 0 Å². The van der Waals surface area contributed by atoms with Crippen LogP contribution >= 0.6 is 15.9 Å². The highest BCUT2D eigenvalue weighted by Gasteiger charge is 2.52. The third-order valence-corrected chi connectivity index (χ3v) is 11.0. The molecule has 0 aromatic heterocycles. The van der Waals surface area contributed by atoms with Gasteiger partial charge < -0.3 is 14.0 Å². The van der Waals surface area contributed by atoms with E-state index < -0.39 is 0 Å². The molecule has 0 bridgehead atoms. The first-order valence-corrected chi connectivity index (χ1v) is 14.1. The molecule has 1 radical (unpaired) electrons. The molecule has 1 fully saturated rings. The van der Waals surface area contributed by atoms with Crippen molar-refractivity contribution in [3.63, 3.8) is 0 Å². The number of rotatable bonds is 6. The maximum Gasteiger partial charge on any atom is 0.495 e. The molecule has 0 N–H and O–H groups in total. The van der Waals surface area contributed by atoms with Crippen molar-refractivity contribution in [3.05, 3.63) is 27.2 Å². The predicted octanol–water partition coefficient (Wildman–Crippen LogP) is 5.32. The van der Waals surface area contributed by atoms with Crippen molar-refractivity contribution in [2.75, 3.05) is 13.2 Å². The third kappa shape index (κ3) is 4.57. The van der Waals surface area contributed by atoms with E-state index in [4.69, 9.17) is 14.0 Å². The van der Waals surface area contributed by atoms with Gasteiger partial charge in [0.25, 0.3) is 0 Å². The summed E-state index contributed by atoms with van der Waals surface area (Å²) < 4.78 is 20.0. The molecule has 161 valence electrons. The summed E-state index contributed by atoms with van der Waals surface area (Å²) in [6, 6.07) is 2.21. The van der Waals surface area contributed by atoms with Gasteiger partial charge >= 0.3 is 7.12 Å². The van der Waals surface area contributed by atoms with E-state index >= 15 is 0 Å². The van der Waals surface area contributed by atoms with Crippen molar-refractivity contribution in [2.24, 2.45) is 5.92 Å². The zero-order valence-corrected chi connectivity index (χ0v) is 22.2. The van der Waals surface area contributed by atoms with Gasteiger partial charge in [0.2, 0.25) is 0 Å². The summed E-state index contributed by atoms with van der Waals surface area (Å²) in [5.41, 5.74) is 4.72. The molecule has 1 saturated heterocycles. The molecular weight excluding hydrogens is 443 g/mol. The van der Waals surface area contributed by atoms with Gasteiger partial charge in [0.1, 0.15) is 0 Å². The fourth-order valence-electron chi connectivity index (χ4n) is 3.98. The molecule has 2 aliphatic rings. The summed E-state index contributed by atoms with van der Waals surface area (Å²) in [6.07, 6.45) is 2.15. The molecule has 1 aliphatic carbocycles. The molecule has 3 nitrogen and oxygen atoms in total. The lowest BCUT2D eigenvalue weighted by atomic mass is 9.74. The zero-order chi connectivity index (χ0) is 21.8. The normalized spacial score (nSPS) is 23.1. The van der Waals surface area contributed by atoms with E-state index in [0.29, 0.717) is 11.0 Å². The van der Waals surface area contributed by atoms with E-state index in [9.17, 15) is 0 Å². The minimum absolute atomic E-state index is 0.313. The van der Waals surface area contributed by atoms with Crippen LogP contribution in [-0.4, -0.2) is 40.3 Å². The quantitative estimate of drug-likeness (QED) is 0.516. The van der Waals surface area contributed by atoms with Crippen LogP contribution < -0.4 is 5.46 Å². The summed E-state index contributed by atoms with van der Waals surface area (Å²) in [7, 11) is -0.679. The Morgan fingerprint density at radius 1 is 1.14 bits per heavy atom. The lowest BCUT2D eigenvalue weighted by Crippen LogP contribution is -2.41. The smallest absolute Gasteiger partial charge is 0.399 e. The highest BCUT2D eigenvalue weighted by Crippen LogP contribution is 2.39. The van der Waals surface area contributed by atoms with E-state index in [1.165, 1.54) is 21.2 Å². The maximum atomic E-state index is 6.33. The molecule has 29 heavy (non-hydrogen) atoms. The Labute approximate surface area is 188 Å². The fourth-order valence-corrected chi connectivity index (χ4v) is 5.02. The third-order valence-electron chi connectivity index (χ3n) is 7.48. The Morgan fingerprint density at radius 3 is 2.24 bits per heavy atom. The fraction of sp³-hybridized carbons (Fsp3) is 0.739. The number of fused-ring (bicyclic) bond motifs is 1. The van der Waals surface area contributed by atoms with Crippen molar-refractivity contribution in [1.29, 1.82) is 0 Å². The van der Waals surface area contributed by atoms with Crippen molar-refractivity contribution in [1.82, 2.24) is 0 Å². The van der Waals surface area contributed by atoms with Gasteiger partial charge in [-0.1, -0.05) is 42.9 Å². The minimum atomic E-state index is -0.367. The molecule has 1 unspecified atom stereocenters. The first-order valence-electron chi connectivity index (χ1n) is 10.8. The van der Waals surface area contributed by atoms with Crippen molar-refractivity contribution in [3.8, 4) is 0 Å². The van der Waals surface area contributed by atoms with Gasteiger partial charge in [0.15, 0.2) is 0 Å². The second-order valence-corrected chi connectivity index (χ2v) is 15.0. The van der Waals surface area contributed by atoms with Crippen LogP contribution in [0, 0.1) is 12.8 Å². The van der Waals surface area contributed by atoms with Crippen LogP contribution in [0.15, 0.2) is 10.5 Å². The number of benzene rings is 1. The van der Waals surface area contributed by atoms with E-state index in [1.54, 1.807) is 0 Å². The Kier molecular flexibility index (Phi) is 6.56. The molecule has 6 heteroatoms. The van der Waals surface area contributed by atoms with Gasteiger partial charge in [0.05, 0.1) is 26.6 Å². The van der Waals surface area contributed by atoms with Gasteiger partial charge in [0, 0.05) is 11.1 Å². The molecule has 3 rings (SSSR count). The largest absolute Gasteiger partial charge is 0.495 e. The van der Waals surface area contributed by atoms with Gasteiger partial charge in [-0.05, 0) is 86.6 Å². The number of hydrogen-bond acceptors (Lipinski definition) is 3. The number of halogens is 1. The molecule has 0 saturated carbocycles. The summed E-state index contributed by atoms with van der Waals surface area (Å²) in [4.78, 5) is 0. The average molecular weight is 480 g/mol. The first-order chi connectivity index (χ1) is 13.2. The standard InChI is InChI=1S/C23H37BBrO3Si/c1-15-17-10-16(13-26-14-21(2,3)29(8)9)11-18(17)20(25)12-19(15)24-27-22(4,5)23(6,7)28-24/h12,16H,10-11,13-14H2,1-9H3. The SMILES string of the molecule is Cc1c(B2OC(C)(C)C(C)(C)O2)cc(Br)c2c1CC(COCC(C)(C)[Si](C)C)C2. The summed E-state index contributed by atoms with van der Waals surface area (Å²) in [5.74, 6) is 0.550. The topological polar surface area (TPSA) is 27.7 Å². The van der Waals surface area contributed by atoms with Crippen molar-refractivity contribution < 1.29 is 14.0 Å². The van der Waals surface area contributed by atoms with E-state index in [2.05, 4.69) is 83.6 Å². The summed E-state index contributed by atoms with van der Waals surface area (Å²) in [6.45, 7) is 21.8. The Hall–Kier alpha value is -0.138. The van der Waals surface area contributed by atoms with E-state index in [1.807, 2.05) is 0 Å². The van der Waals surface area contributed by atoms with Crippen LogP contribution in [0.2, 0.25) is 18.1 Å². The Morgan fingerprint density at radius 2 is 1.69 bits per heavy atom. The lowest BCUT2D eigenvalue weighted by Gasteiger charge is -2.32. The lowest BCUT2D eigenvalue weighted by molar-refractivity contribution is 0.00578. The average Bonchev–Trinajstić information content (AvgIpc) is 3.10. The van der Waals surface area contributed by atoms with Crippen LogP contribution in [0.4, 0.5) is 0 Å². The van der Waals surface area contributed by atoms with Crippen LogP contribution in [-0.2, 0) is 26.9 Å². The van der Waals surface area contributed by atoms with Crippen molar-refractivity contribution >= 4 is 37.3 Å². The maximum absolute atomic E-state index is 6.33. The molecule has 1 aromatic carbocycles. The summed E-state index contributed by atoms with van der Waals surface area (Å²) >= 11 is 3.84. The number of ether oxygens (including phenoxy) is 1.